The van der Waals surface area contributed by atoms with Crippen LogP contribution in [0.1, 0.15) is 10.4 Å². The molecule has 0 bridgehead atoms. The lowest BCUT2D eigenvalue weighted by Crippen LogP contribution is -2.11. The number of rotatable bonds is 4. The summed E-state index contributed by atoms with van der Waals surface area (Å²) in [6, 6.07) is 3.81. The highest BCUT2D eigenvalue weighted by molar-refractivity contribution is 7.94. The average Bonchev–Trinajstić information content (AvgIpc) is 2.69. The second-order valence-electron chi connectivity index (χ2n) is 4.09. The zero-order chi connectivity index (χ0) is 14.9. The average molecular weight is 319 g/mol. The molecule has 4 nitrogen and oxygen atoms in total. The molecule has 2 aromatic rings. The van der Waals surface area contributed by atoms with Gasteiger partial charge in [0.15, 0.2) is 0 Å². The first-order valence-corrected chi connectivity index (χ1v) is 7.81. The van der Waals surface area contributed by atoms with Crippen LogP contribution >= 0.6 is 11.3 Å². The number of aliphatic hydroxyl groups excluding tert-OH is 1. The second-order valence-corrected chi connectivity index (χ2v) is 7.14. The molecule has 2 N–H and O–H groups in total. The molecule has 0 atom stereocenters. The predicted molar refractivity (Wildman–Crippen MR) is 72.1 cm³/mol. The van der Waals surface area contributed by atoms with Gasteiger partial charge in [-0.15, -0.1) is 11.3 Å². The van der Waals surface area contributed by atoms with Crippen molar-refractivity contribution < 1.29 is 22.3 Å². The van der Waals surface area contributed by atoms with Crippen LogP contribution < -0.4 is 4.72 Å². The third-order valence-corrected chi connectivity index (χ3v) is 5.60. The minimum atomic E-state index is -3.93. The fourth-order valence-corrected chi connectivity index (χ4v) is 4.09. The summed E-state index contributed by atoms with van der Waals surface area (Å²) in [5, 5.41) is 9.06. The molecule has 108 valence electrons. The van der Waals surface area contributed by atoms with E-state index in [4.69, 9.17) is 5.11 Å². The van der Waals surface area contributed by atoms with Gasteiger partial charge >= 0.3 is 0 Å². The Morgan fingerprint density at radius 3 is 2.30 bits per heavy atom. The maximum Gasteiger partial charge on any atom is 0.271 e. The molecule has 1 aromatic carbocycles. The molecule has 0 aliphatic carbocycles. The van der Waals surface area contributed by atoms with E-state index in [1.54, 1.807) is 6.92 Å². The molecule has 0 spiro atoms. The van der Waals surface area contributed by atoms with E-state index in [-0.39, 0.29) is 16.5 Å². The summed E-state index contributed by atoms with van der Waals surface area (Å²) in [5.41, 5.74) is 0.447. The Balaban J connectivity index is 2.35. The summed E-state index contributed by atoms with van der Waals surface area (Å²) in [4.78, 5) is 0.524. The van der Waals surface area contributed by atoms with Crippen LogP contribution in [0.5, 0.6) is 0 Å². The number of hydrogen-bond donors (Lipinski definition) is 2. The molecule has 0 saturated carbocycles. The maximum absolute atomic E-state index is 13.0. The first-order chi connectivity index (χ1) is 9.31. The Kier molecular flexibility index (Phi) is 4.07. The van der Waals surface area contributed by atoms with E-state index in [1.165, 1.54) is 6.07 Å². The van der Waals surface area contributed by atoms with E-state index in [0.717, 1.165) is 23.5 Å². The van der Waals surface area contributed by atoms with Crippen LogP contribution in [-0.4, -0.2) is 13.5 Å². The van der Waals surface area contributed by atoms with Crippen LogP contribution in [0, 0.1) is 18.6 Å². The molecule has 0 unspecified atom stereocenters. The minimum Gasteiger partial charge on any atom is -0.391 e. The van der Waals surface area contributed by atoms with Crippen molar-refractivity contribution in [1.82, 2.24) is 0 Å². The molecule has 1 heterocycles. The Morgan fingerprint density at radius 1 is 1.20 bits per heavy atom. The Hall–Kier alpha value is -1.51. The van der Waals surface area contributed by atoms with E-state index in [2.05, 4.69) is 4.72 Å². The van der Waals surface area contributed by atoms with Crippen molar-refractivity contribution in [3.63, 3.8) is 0 Å². The number of nitrogens with one attached hydrogen (secondary N) is 1. The van der Waals surface area contributed by atoms with Gasteiger partial charge in [0.25, 0.3) is 10.0 Å². The number of hydrogen-bond acceptors (Lipinski definition) is 4. The molecule has 0 saturated heterocycles. The summed E-state index contributed by atoms with van der Waals surface area (Å²) in [5.74, 6) is -1.75. The highest BCUT2D eigenvalue weighted by Gasteiger charge is 2.19. The van der Waals surface area contributed by atoms with Gasteiger partial charge < -0.3 is 5.11 Å². The largest absolute Gasteiger partial charge is 0.391 e. The summed E-state index contributed by atoms with van der Waals surface area (Å²) >= 11 is 0.906. The van der Waals surface area contributed by atoms with Gasteiger partial charge in [-0.3, -0.25) is 4.72 Å². The van der Waals surface area contributed by atoms with Crippen LogP contribution in [0.25, 0.3) is 0 Å². The summed E-state index contributed by atoms with van der Waals surface area (Å²) in [7, 11) is -3.93. The fourth-order valence-electron chi connectivity index (χ4n) is 1.60. The molecule has 1 aromatic heterocycles. The van der Waals surface area contributed by atoms with Crippen LogP contribution in [-0.2, 0) is 16.6 Å². The molecule has 2 rings (SSSR count). The molecule has 8 heteroatoms. The van der Waals surface area contributed by atoms with Gasteiger partial charge in [-0.1, -0.05) is 0 Å². The Bertz CT molecular complexity index is 721. The number of thiophene rings is 1. The lowest BCUT2D eigenvalue weighted by atomic mass is 10.3. The smallest absolute Gasteiger partial charge is 0.271 e. The first kappa shape index (κ1) is 14.9. The normalized spacial score (nSPS) is 11.6. The van der Waals surface area contributed by atoms with Crippen LogP contribution in [0.15, 0.2) is 28.5 Å². The summed E-state index contributed by atoms with van der Waals surface area (Å²) < 4.78 is 52.3. The maximum atomic E-state index is 13.0. The number of halogens is 2. The van der Waals surface area contributed by atoms with E-state index >= 15 is 0 Å². The minimum absolute atomic E-state index is 0.0243. The quantitative estimate of drug-likeness (QED) is 0.910. The number of aliphatic hydroxyl groups is 1. The van der Waals surface area contributed by atoms with Crippen molar-refractivity contribution in [2.45, 2.75) is 17.7 Å². The predicted octanol–water partition coefficient (Wildman–Crippen LogP) is 2.63. The van der Waals surface area contributed by atoms with Gasteiger partial charge in [-0.2, -0.15) is 0 Å². The number of aryl methyl sites for hydroxylation is 1. The van der Waals surface area contributed by atoms with Crippen molar-refractivity contribution >= 4 is 27.0 Å². The van der Waals surface area contributed by atoms with E-state index in [0.29, 0.717) is 16.5 Å². The van der Waals surface area contributed by atoms with E-state index in [1.807, 2.05) is 0 Å². The van der Waals surface area contributed by atoms with Gasteiger partial charge in [0.1, 0.15) is 15.8 Å². The summed E-state index contributed by atoms with van der Waals surface area (Å²) in [6.45, 7) is 1.41. The van der Waals surface area contributed by atoms with Crippen LogP contribution in [0.2, 0.25) is 0 Å². The van der Waals surface area contributed by atoms with E-state index in [9.17, 15) is 17.2 Å². The monoisotopic (exact) mass is 319 g/mol. The van der Waals surface area contributed by atoms with Crippen molar-refractivity contribution in [3.05, 3.63) is 46.3 Å². The SMILES string of the molecule is Cc1cc(S(=O)(=O)Nc2cc(F)cc(F)c2)sc1CO. The second kappa shape index (κ2) is 5.47. The van der Waals surface area contributed by atoms with E-state index < -0.39 is 21.7 Å². The van der Waals surface area contributed by atoms with Gasteiger partial charge in [-0.05, 0) is 30.7 Å². The van der Waals surface area contributed by atoms with Gasteiger partial charge in [0.05, 0.1) is 12.3 Å². The molecule has 0 radical (unpaired) electrons. The first-order valence-electron chi connectivity index (χ1n) is 5.51. The Morgan fingerprint density at radius 2 is 1.80 bits per heavy atom. The van der Waals surface area contributed by atoms with Gasteiger partial charge in [0.2, 0.25) is 0 Å². The molecular formula is C12H11F2NO3S2. The molecule has 0 aliphatic rings. The molecule has 0 amide bonds. The van der Waals surface area contributed by atoms with Crippen molar-refractivity contribution in [2.75, 3.05) is 4.72 Å². The third kappa shape index (κ3) is 3.14. The third-order valence-electron chi connectivity index (χ3n) is 2.52. The summed E-state index contributed by atoms with van der Waals surface area (Å²) in [6.07, 6.45) is 0. The molecule has 0 aliphatic heterocycles. The number of benzene rings is 1. The molecule has 20 heavy (non-hydrogen) atoms. The lowest BCUT2D eigenvalue weighted by molar-refractivity contribution is 0.285. The zero-order valence-electron chi connectivity index (χ0n) is 10.4. The van der Waals surface area contributed by atoms with Crippen molar-refractivity contribution in [3.8, 4) is 0 Å². The highest BCUT2D eigenvalue weighted by atomic mass is 32.2. The number of sulfonamides is 1. The molecular weight excluding hydrogens is 308 g/mol. The van der Waals surface area contributed by atoms with Crippen molar-refractivity contribution in [2.24, 2.45) is 0 Å². The van der Waals surface area contributed by atoms with Gasteiger partial charge in [-0.25, -0.2) is 17.2 Å². The standard InChI is InChI=1S/C12H11F2NO3S2/c1-7-2-12(19-11(7)6-16)20(17,18)15-10-4-8(13)3-9(14)5-10/h2-5,15-16H,6H2,1H3. The topological polar surface area (TPSA) is 66.4 Å². The number of anilines is 1. The lowest BCUT2D eigenvalue weighted by Gasteiger charge is -2.06. The van der Waals surface area contributed by atoms with Crippen LogP contribution in [0.3, 0.4) is 0 Å². The fraction of sp³-hybridized carbons (Fsp3) is 0.167. The molecule has 0 fully saturated rings. The Labute approximate surface area is 118 Å². The van der Waals surface area contributed by atoms with Crippen LogP contribution in [0.4, 0.5) is 14.5 Å². The zero-order valence-corrected chi connectivity index (χ0v) is 12.0. The van der Waals surface area contributed by atoms with Gasteiger partial charge in [0, 0.05) is 10.9 Å². The van der Waals surface area contributed by atoms with Crippen molar-refractivity contribution in [1.29, 1.82) is 0 Å². The highest BCUT2D eigenvalue weighted by Crippen LogP contribution is 2.28.